The Kier molecular flexibility index (Phi) is 3.56. The monoisotopic (exact) mass is 298 g/mol. The number of fused-ring (bicyclic) bond motifs is 1. The highest BCUT2D eigenvalue weighted by atomic mass is 16.2. The minimum atomic E-state index is 0.199. The smallest absolute Gasteiger partial charge is 0.244 e. The molecule has 5 nitrogen and oxygen atoms in total. The molecule has 4 rings (SSSR count). The van der Waals surface area contributed by atoms with Crippen molar-refractivity contribution >= 4 is 16.9 Å². The highest BCUT2D eigenvalue weighted by molar-refractivity contribution is 5.80. The maximum atomic E-state index is 12.8. The Morgan fingerprint density at radius 2 is 1.95 bits per heavy atom. The van der Waals surface area contributed by atoms with Crippen LogP contribution in [0.5, 0.6) is 0 Å². The zero-order valence-corrected chi connectivity index (χ0v) is 12.8. The van der Waals surface area contributed by atoms with Crippen LogP contribution in [-0.2, 0) is 11.3 Å². The van der Waals surface area contributed by atoms with Crippen LogP contribution in [0.1, 0.15) is 38.5 Å². The molecule has 0 bridgehead atoms. The van der Waals surface area contributed by atoms with E-state index < -0.39 is 0 Å². The minimum Gasteiger partial charge on any atom is -0.338 e. The lowest BCUT2D eigenvalue weighted by atomic mass is 9.96. The summed E-state index contributed by atoms with van der Waals surface area (Å²) in [5, 5.41) is 8.29. The molecule has 2 aliphatic rings. The van der Waals surface area contributed by atoms with E-state index in [9.17, 15) is 4.79 Å². The summed E-state index contributed by atoms with van der Waals surface area (Å²) in [5.41, 5.74) is 1.79. The summed E-state index contributed by atoms with van der Waals surface area (Å²) >= 11 is 0. The van der Waals surface area contributed by atoms with Gasteiger partial charge in [0.2, 0.25) is 5.91 Å². The summed E-state index contributed by atoms with van der Waals surface area (Å²) < 4.78 is 1.74. The molecule has 1 aliphatic heterocycles. The summed E-state index contributed by atoms with van der Waals surface area (Å²) in [6.45, 7) is 1.22. The van der Waals surface area contributed by atoms with E-state index in [1.54, 1.807) is 4.68 Å². The average molecular weight is 298 g/mol. The summed E-state index contributed by atoms with van der Waals surface area (Å²) in [6.07, 6.45) is 7.56. The lowest BCUT2D eigenvalue weighted by Crippen LogP contribution is -2.41. The Hall–Kier alpha value is -1.91. The molecule has 2 aromatic rings. The molecule has 5 heteroatoms. The third-order valence-electron chi connectivity index (χ3n) is 5.27. The molecule has 1 aliphatic carbocycles. The molecule has 1 aromatic carbocycles. The van der Waals surface area contributed by atoms with Crippen LogP contribution in [0.2, 0.25) is 0 Å². The Bertz CT molecular complexity index is 674. The van der Waals surface area contributed by atoms with Gasteiger partial charge in [-0.3, -0.25) is 4.79 Å². The Morgan fingerprint density at radius 1 is 1.14 bits per heavy atom. The normalized spacial score (nSPS) is 22.7. The molecule has 1 unspecified atom stereocenters. The molecule has 0 spiro atoms. The molecule has 0 N–H and O–H groups in total. The van der Waals surface area contributed by atoms with Crippen molar-refractivity contribution in [3.8, 4) is 0 Å². The van der Waals surface area contributed by atoms with Crippen molar-refractivity contribution in [3.05, 3.63) is 24.3 Å². The Balaban J connectivity index is 1.51. The quantitative estimate of drug-likeness (QED) is 0.875. The number of aromatic nitrogens is 3. The Morgan fingerprint density at radius 3 is 2.82 bits per heavy atom. The van der Waals surface area contributed by atoms with Gasteiger partial charge in [-0.05, 0) is 43.7 Å². The van der Waals surface area contributed by atoms with Crippen molar-refractivity contribution in [2.45, 2.75) is 51.1 Å². The van der Waals surface area contributed by atoms with Crippen molar-refractivity contribution in [2.75, 3.05) is 6.54 Å². The van der Waals surface area contributed by atoms with Gasteiger partial charge in [-0.1, -0.05) is 30.2 Å². The highest BCUT2D eigenvalue weighted by Gasteiger charge is 2.35. The molecule has 1 amide bonds. The van der Waals surface area contributed by atoms with Crippen molar-refractivity contribution in [1.29, 1.82) is 0 Å². The predicted octanol–water partition coefficient (Wildman–Crippen LogP) is 2.61. The first-order valence-electron chi connectivity index (χ1n) is 8.40. The Labute approximate surface area is 130 Å². The second-order valence-electron chi connectivity index (χ2n) is 6.58. The maximum absolute atomic E-state index is 12.8. The van der Waals surface area contributed by atoms with Crippen molar-refractivity contribution in [2.24, 2.45) is 5.92 Å². The summed E-state index contributed by atoms with van der Waals surface area (Å²) in [6, 6.07) is 8.27. The molecule has 1 aromatic heterocycles. The molecular weight excluding hydrogens is 276 g/mol. The van der Waals surface area contributed by atoms with Gasteiger partial charge in [0.15, 0.2) is 0 Å². The lowest BCUT2D eigenvalue weighted by Gasteiger charge is -2.29. The number of nitrogens with zero attached hydrogens (tertiary/aromatic N) is 4. The van der Waals surface area contributed by atoms with Gasteiger partial charge in [0, 0.05) is 12.6 Å². The molecule has 0 radical (unpaired) electrons. The predicted molar refractivity (Wildman–Crippen MR) is 84.2 cm³/mol. The topological polar surface area (TPSA) is 51.0 Å². The van der Waals surface area contributed by atoms with E-state index in [4.69, 9.17) is 0 Å². The van der Waals surface area contributed by atoms with Crippen LogP contribution in [0.15, 0.2) is 24.3 Å². The van der Waals surface area contributed by atoms with Gasteiger partial charge < -0.3 is 4.90 Å². The third kappa shape index (κ3) is 2.38. The molecule has 1 saturated carbocycles. The fourth-order valence-electron chi connectivity index (χ4n) is 4.19. The second-order valence-corrected chi connectivity index (χ2v) is 6.58. The number of benzene rings is 1. The van der Waals surface area contributed by atoms with Gasteiger partial charge in [0.25, 0.3) is 0 Å². The largest absolute Gasteiger partial charge is 0.338 e. The number of para-hydroxylation sites is 1. The fourth-order valence-corrected chi connectivity index (χ4v) is 4.19. The number of hydrogen-bond donors (Lipinski definition) is 0. The first-order valence-corrected chi connectivity index (χ1v) is 8.40. The number of likely N-dealkylation sites (tertiary alicyclic amines) is 1. The van der Waals surface area contributed by atoms with Crippen LogP contribution in [0.4, 0.5) is 0 Å². The number of carbonyl (C=O) groups is 1. The number of carbonyl (C=O) groups excluding carboxylic acids is 1. The van der Waals surface area contributed by atoms with Crippen molar-refractivity contribution < 1.29 is 4.79 Å². The van der Waals surface area contributed by atoms with Crippen LogP contribution in [-0.4, -0.2) is 38.4 Å². The molecule has 22 heavy (non-hydrogen) atoms. The fraction of sp³-hybridized carbons (Fsp3) is 0.588. The maximum Gasteiger partial charge on any atom is 0.244 e. The van der Waals surface area contributed by atoms with Crippen LogP contribution < -0.4 is 0 Å². The van der Waals surface area contributed by atoms with Crippen LogP contribution in [0, 0.1) is 5.92 Å². The van der Waals surface area contributed by atoms with Crippen LogP contribution in [0.3, 0.4) is 0 Å². The first kappa shape index (κ1) is 13.7. The third-order valence-corrected chi connectivity index (χ3v) is 5.27. The van der Waals surface area contributed by atoms with E-state index in [0.717, 1.165) is 29.9 Å². The van der Waals surface area contributed by atoms with Gasteiger partial charge >= 0.3 is 0 Å². The first-order chi connectivity index (χ1) is 10.8. The zero-order valence-electron chi connectivity index (χ0n) is 12.8. The van der Waals surface area contributed by atoms with E-state index in [0.29, 0.717) is 12.6 Å². The molecule has 1 atom stereocenters. The highest BCUT2D eigenvalue weighted by Crippen LogP contribution is 2.35. The molecular formula is C17H22N4O. The van der Waals surface area contributed by atoms with Crippen molar-refractivity contribution in [3.63, 3.8) is 0 Å². The SMILES string of the molecule is O=C(Cn1nnc2ccccc21)N1CCCC1C1CCCC1. The molecule has 116 valence electrons. The number of hydrogen-bond acceptors (Lipinski definition) is 3. The zero-order chi connectivity index (χ0) is 14.9. The van der Waals surface area contributed by atoms with Gasteiger partial charge in [-0.2, -0.15) is 0 Å². The van der Waals surface area contributed by atoms with E-state index in [2.05, 4.69) is 15.2 Å². The van der Waals surface area contributed by atoms with Gasteiger partial charge in [-0.15, -0.1) is 5.10 Å². The van der Waals surface area contributed by atoms with E-state index in [-0.39, 0.29) is 5.91 Å². The van der Waals surface area contributed by atoms with Gasteiger partial charge in [0.05, 0.1) is 5.52 Å². The van der Waals surface area contributed by atoms with Gasteiger partial charge in [-0.25, -0.2) is 4.68 Å². The minimum absolute atomic E-state index is 0.199. The van der Waals surface area contributed by atoms with E-state index >= 15 is 0 Å². The summed E-state index contributed by atoms with van der Waals surface area (Å²) in [4.78, 5) is 14.9. The summed E-state index contributed by atoms with van der Waals surface area (Å²) in [7, 11) is 0. The number of amides is 1. The summed E-state index contributed by atoms with van der Waals surface area (Å²) in [5.74, 6) is 0.920. The second kappa shape index (κ2) is 5.71. The van der Waals surface area contributed by atoms with Gasteiger partial charge in [0.1, 0.15) is 12.1 Å². The molecule has 1 saturated heterocycles. The van der Waals surface area contributed by atoms with Crippen molar-refractivity contribution in [1.82, 2.24) is 19.9 Å². The van der Waals surface area contributed by atoms with E-state index in [1.807, 2.05) is 24.3 Å². The van der Waals surface area contributed by atoms with Crippen LogP contribution >= 0.6 is 0 Å². The van der Waals surface area contributed by atoms with E-state index in [1.165, 1.54) is 32.1 Å². The number of rotatable bonds is 3. The lowest BCUT2D eigenvalue weighted by molar-refractivity contribution is -0.133. The average Bonchev–Trinajstić information content (AvgIpc) is 3.27. The standard InChI is InChI=1S/C17H22N4O/c22-17(12-21-16-9-4-3-8-14(16)18-19-21)20-11-5-10-15(20)13-6-1-2-7-13/h3-4,8-9,13,15H,1-2,5-7,10-12H2. The molecule has 2 heterocycles. The van der Waals surface area contributed by atoms with Crippen LogP contribution in [0.25, 0.3) is 11.0 Å². The molecule has 2 fully saturated rings.